The molecule has 12 heavy (non-hydrogen) atoms. The highest BCUT2D eigenvalue weighted by atomic mass is 79.9. The molecule has 2 nitrogen and oxygen atoms in total. The number of halogens is 2. The summed E-state index contributed by atoms with van der Waals surface area (Å²) >= 11 is 6.47. The fourth-order valence-corrected chi connectivity index (χ4v) is 1.30. The van der Waals surface area contributed by atoms with Gasteiger partial charge in [-0.3, -0.25) is 4.79 Å². The maximum atomic E-state index is 10.3. The van der Waals surface area contributed by atoms with Crippen molar-refractivity contribution >= 4 is 44.2 Å². The maximum absolute atomic E-state index is 10.3. The van der Waals surface area contributed by atoms with Gasteiger partial charge in [0.25, 0.3) is 0 Å². The van der Waals surface area contributed by atoms with Crippen LogP contribution in [0.15, 0.2) is 25.2 Å². The molecule has 0 radical (unpaired) electrons. The number of rotatable bonds is 2. The minimum absolute atomic E-state index is 0.628. The van der Waals surface area contributed by atoms with Crippen molar-refractivity contribution in [3.8, 4) is 0 Å². The summed E-state index contributed by atoms with van der Waals surface area (Å²) in [5.41, 5.74) is 0.628. The van der Waals surface area contributed by atoms with Crippen molar-refractivity contribution < 1.29 is 9.21 Å². The highest BCUT2D eigenvalue weighted by Crippen LogP contribution is 2.27. The van der Waals surface area contributed by atoms with Crippen LogP contribution in [0.3, 0.4) is 0 Å². The molecule has 0 atom stereocenters. The fraction of sp³-hybridized carbons (Fsp3) is 0.125. The van der Waals surface area contributed by atoms with Crippen LogP contribution in [0.2, 0.25) is 0 Å². The van der Waals surface area contributed by atoms with Gasteiger partial charge in [0.05, 0.1) is 4.47 Å². The molecular weight excluding hydrogens is 288 g/mol. The topological polar surface area (TPSA) is 30.2 Å². The summed E-state index contributed by atoms with van der Waals surface area (Å²) in [7, 11) is 0. The molecule has 1 heterocycles. The standard InChI is InChI=1S/C8H6Br2O2/c1-5(4-11)2-6-3-7(9)8(10)12-6/h2-4H,1H3. The molecule has 0 bridgehead atoms. The van der Waals surface area contributed by atoms with Crippen LogP contribution >= 0.6 is 31.9 Å². The zero-order valence-electron chi connectivity index (χ0n) is 6.30. The van der Waals surface area contributed by atoms with E-state index in [2.05, 4.69) is 31.9 Å². The summed E-state index contributed by atoms with van der Waals surface area (Å²) in [6.45, 7) is 1.72. The number of carbonyl (C=O) groups is 1. The van der Waals surface area contributed by atoms with Gasteiger partial charge < -0.3 is 4.42 Å². The second-order valence-electron chi connectivity index (χ2n) is 2.28. The normalized spacial score (nSPS) is 11.8. The Balaban J connectivity index is 2.97. The van der Waals surface area contributed by atoms with Crippen LogP contribution in [0, 0.1) is 0 Å². The first-order valence-electron chi connectivity index (χ1n) is 3.22. The van der Waals surface area contributed by atoms with E-state index in [9.17, 15) is 4.79 Å². The van der Waals surface area contributed by atoms with Gasteiger partial charge in [-0.1, -0.05) is 0 Å². The van der Waals surface area contributed by atoms with E-state index in [1.54, 1.807) is 19.1 Å². The molecule has 0 aromatic carbocycles. The quantitative estimate of drug-likeness (QED) is 0.618. The molecule has 1 rings (SSSR count). The minimum atomic E-state index is 0.628. The largest absolute Gasteiger partial charge is 0.449 e. The van der Waals surface area contributed by atoms with Gasteiger partial charge in [-0.15, -0.1) is 0 Å². The number of allylic oxidation sites excluding steroid dienone is 1. The van der Waals surface area contributed by atoms with Gasteiger partial charge in [0.15, 0.2) is 4.67 Å². The van der Waals surface area contributed by atoms with Gasteiger partial charge >= 0.3 is 0 Å². The highest BCUT2D eigenvalue weighted by molar-refractivity contribution is 9.13. The van der Waals surface area contributed by atoms with E-state index < -0.39 is 0 Å². The monoisotopic (exact) mass is 292 g/mol. The number of furan rings is 1. The third-order valence-corrected chi connectivity index (χ3v) is 2.93. The van der Waals surface area contributed by atoms with Crippen LogP contribution in [0.4, 0.5) is 0 Å². The number of aldehydes is 1. The van der Waals surface area contributed by atoms with Crippen LogP contribution in [0.5, 0.6) is 0 Å². The van der Waals surface area contributed by atoms with E-state index in [0.717, 1.165) is 10.8 Å². The molecule has 0 aliphatic rings. The molecule has 0 unspecified atom stereocenters. The van der Waals surface area contributed by atoms with Crippen LogP contribution in [-0.4, -0.2) is 6.29 Å². The number of hydrogen-bond donors (Lipinski definition) is 0. The zero-order valence-corrected chi connectivity index (χ0v) is 9.48. The van der Waals surface area contributed by atoms with Crippen molar-refractivity contribution in [2.24, 2.45) is 0 Å². The van der Waals surface area contributed by atoms with Crippen molar-refractivity contribution in [2.75, 3.05) is 0 Å². The second kappa shape index (κ2) is 4.05. The molecular formula is C8H6Br2O2. The molecule has 0 spiro atoms. The van der Waals surface area contributed by atoms with Crippen molar-refractivity contribution in [1.82, 2.24) is 0 Å². The first-order chi connectivity index (χ1) is 5.63. The smallest absolute Gasteiger partial charge is 0.184 e. The molecule has 4 heteroatoms. The highest BCUT2D eigenvalue weighted by Gasteiger charge is 2.03. The van der Waals surface area contributed by atoms with Crippen LogP contribution in [0.25, 0.3) is 6.08 Å². The Labute approximate surface area is 86.9 Å². The molecule has 0 saturated carbocycles. The van der Waals surface area contributed by atoms with Crippen LogP contribution < -0.4 is 0 Å². The lowest BCUT2D eigenvalue weighted by atomic mass is 10.3. The lowest BCUT2D eigenvalue weighted by Crippen LogP contribution is -1.73. The zero-order chi connectivity index (χ0) is 9.14. The minimum Gasteiger partial charge on any atom is -0.449 e. The summed E-state index contributed by atoms with van der Waals surface area (Å²) in [5, 5.41) is 0. The van der Waals surface area contributed by atoms with Gasteiger partial charge in [-0.05, 0) is 56.5 Å². The molecule has 1 aromatic rings. The molecule has 0 N–H and O–H groups in total. The maximum Gasteiger partial charge on any atom is 0.184 e. The third kappa shape index (κ3) is 2.32. The van der Waals surface area contributed by atoms with E-state index in [1.165, 1.54) is 0 Å². The molecule has 64 valence electrons. The SMILES string of the molecule is CC(C=O)=Cc1cc(Br)c(Br)o1. The molecule has 0 saturated heterocycles. The Hall–Kier alpha value is -0.350. The van der Waals surface area contributed by atoms with Gasteiger partial charge in [0.1, 0.15) is 12.0 Å². The molecule has 0 amide bonds. The Kier molecular flexibility index (Phi) is 3.29. The van der Waals surface area contributed by atoms with Crippen molar-refractivity contribution in [3.63, 3.8) is 0 Å². The lowest BCUT2D eigenvalue weighted by molar-refractivity contribution is -0.104. The fourth-order valence-electron chi connectivity index (χ4n) is 0.693. The number of hydrogen-bond acceptors (Lipinski definition) is 2. The molecule has 0 aliphatic heterocycles. The molecule has 0 aliphatic carbocycles. The van der Waals surface area contributed by atoms with Gasteiger partial charge in [-0.2, -0.15) is 0 Å². The Morgan fingerprint density at radius 2 is 2.25 bits per heavy atom. The van der Waals surface area contributed by atoms with Crippen molar-refractivity contribution in [2.45, 2.75) is 6.92 Å². The first kappa shape index (κ1) is 9.74. The second-order valence-corrected chi connectivity index (χ2v) is 3.85. The Bertz CT molecular complexity index is 306. The van der Waals surface area contributed by atoms with Crippen molar-refractivity contribution in [1.29, 1.82) is 0 Å². The Morgan fingerprint density at radius 3 is 2.67 bits per heavy atom. The van der Waals surface area contributed by atoms with Crippen LogP contribution in [-0.2, 0) is 4.79 Å². The van der Waals surface area contributed by atoms with E-state index >= 15 is 0 Å². The summed E-state index contributed by atoms with van der Waals surface area (Å²) in [6, 6.07) is 1.79. The van der Waals surface area contributed by atoms with Gasteiger partial charge in [-0.25, -0.2) is 0 Å². The van der Waals surface area contributed by atoms with Gasteiger partial charge in [0, 0.05) is 0 Å². The molecule has 0 fully saturated rings. The molecule has 1 aromatic heterocycles. The lowest BCUT2D eigenvalue weighted by Gasteiger charge is -1.84. The predicted molar refractivity (Wildman–Crippen MR) is 53.8 cm³/mol. The van der Waals surface area contributed by atoms with Gasteiger partial charge in [0.2, 0.25) is 0 Å². The number of carbonyl (C=O) groups excluding carboxylic acids is 1. The third-order valence-electron chi connectivity index (χ3n) is 1.22. The average molecular weight is 294 g/mol. The first-order valence-corrected chi connectivity index (χ1v) is 4.80. The predicted octanol–water partition coefficient (Wildman–Crippen LogP) is 3.41. The summed E-state index contributed by atoms with van der Waals surface area (Å²) < 4.78 is 6.69. The van der Waals surface area contributed by atoms with E-state index in [-0.39, 0.29) is 0 Å². The Morgan fingerprint density at radius 1 is 1.58 bits per heavy atom. The van der Waals surface area contributed by atoms with Crippen molar-refractivity contribution in [3.05, 3.63) is 26.5 Å². The summed E-state index contributed by atoms with van der Waals surface area (Å²) in [6.07, 6.45) is 2.45. The van der Waals surface area contributed by atoms with E-state index in [1.807, 2.05) is 0 Å². The van der Waals surface area contributed by atoms with E-state index in [0.29, 0.717) is 16.0 Å². The van der Waals surface area contributed by atoms with E-state index in [4.69, 9.17) is 4.42 Å². The summed E-state index contributed by atoms with van der Waals surface area (Å²) in [4.78, 5) is 10.3. The average Bonchev–Trinajstić information content (AvgIpc) is 2.31. The van der Waals surface area contributed by atoms with Crippen LogP contribution in [0.1, 0.15) is 12.7 Å². The summed E-state index contributed by atoms with van der Waals surface area (Å²) in [5.74, 6) is 0.651.